The van der Waals surface area contributed by atoms with Crippen LogP contribution in [0.5, 0.6) is 5.75 Å². The van der Waals surface area contributed by atoms with Crippen LogP contribution in [0, 0.1) is 0 Å². The molecule has 0 fully saturated rings. The van der Waals surface area contributed by atoms with Gasteiger partial charge in [-0.05, 0) is 45.4 Å². The van der Waals surface area contributed by atoms with Crippen molar-refractivity contribution in [2.24, 2.45) is 0 Å². The van der Waals surface area contributed by atoms with E-state index in [1.54, 1.807) is 20.8 Å². The number of hydrogen-bond donors (Lipinski definition) is 1. The number of esters is 1. The third-order valence-corrected chi connectivity index (χ3v) is 2.27. The molecule has 21 heavy (non-hydrogen) atoms. The summed E-state index contributed by atoms with van der Waals surface area (Å²) in [4.78, 5) is 23.4. The molecule has 0 saturated carbocycles. The van der Waals surface area contributed by atoms with E-state index in [2.05, 4.69) is 0 Å². The van der Waals surface area contributed by atoms with E-state index in [1.165, 1.54) is 18.2 Å². The van der Waals surface area contributed by atoms with Gasteiger partial charge in [0.2, 0.25) is 0 Å². The van der Waals surface area contributed by atoms with Crippen molar-refractivity contribution in [3.05, 3.63) is 23.8 Å². The van der Waals surface area contributed by atoms with E-state index >= 15 is 0 Å². The largest absolute Gasteiger partial charge is 0.514 e. The lowest BCUT2D eigenvalue weighted by atomic mass is 10.1. The van der Waals surface area contributed by atoms with Gasteiger partial charge in [0.15, 0.2) is 0 Å². The van der Waals surface area contributed by atoms with Crippen LogP contribution in [0.2, 0.25) is 0 Å². The van der Waals surface area contributed by atoms with Gasteiger partial charge < -0.3 is 19.9 Å². The third kappa shape index (κ3) is 5.72. The van der Waals surface area contributed by atoms with Crippen LogP contribution < -0.4 is 10.5 Å². The molecule has 0 aromatic heterocycles. The molecule has 0 radical (unpaired) electrons. The van der Waals surface area contributed by atoms with Gasteiger partial charge in [-0.1, -0.05) is 6.92 Å². The summed E-state index contributed by atoms with van der Waals surface area (Å²) in [6.45, 7) is 7.37. The summed E-state index contributed by atoms with van der Waals surface area (Å²) in [6.07, 6.45) is -0.139. The van der Waals surface area contributed by atoms with Gasteiger partial charge >= 0.3 is 12.1 Å². The molecule has 0 saturated heterocycles. The van der Waals surface area contributed by atoms with Crippen molar-refractivity contribution in [2.45, 2.75) is 39.7 Å². The summed E-state index contributed by atoms with van der Waals surface area (Å²) < 4.78 is 15.1. The zero-order valence-corrected chi connectivity index (χ0v) is 12.8. The quantitative estimate of drug-likeness (QED) is 0.521. The monoisotopic (exact) mass is 295 g/mol. The molecule has 116 valence electrons. The second-order valence-corrected chi connectivity index (χ2v) is 5.45. The molecule has 1 rings (SSSR count). The predicted octanol–water partition coefficient (Wildman–Crippen LogP) is 3.15. The van der Waals surface area contributed by atoms with E-state index in [0.717, 1.165) is 0 Å². The molecule has 1 aromatic carbocycles. The molecule has 0 heterocycles. The number of ether oxygens (including phenoxy) is 3. The minimum absolute atomic E-state index is 0.157. The first-order valence-corrected chi connectivity index (χ1v) is 6.70. The molecule has 0 aliphatic rings. The second-order valence-electron chi connectivity index (χ2n) is 5.45. The average Bonchev–Trinajstić information content (AvgIpc) is 2.36. The van der Waals surface area contributed by atoms with Crippen LogP contribution in [-0.4, -0.2) is 24.3 Å². The van der Waals surface area contributed by atoms with Gasteiger partial charge in [0.25, 0.3) is 0 Å². The highest BCUT2D eigenvalue weighted by Crippen LogP contribution is 2.22. The number of nitrogen functional groups attached to an aromatic ring is 1. The lowest BCUT2D eigenvalue weighted by Gasteiger charge is -2.18. The van der Waals surface area contributed by atoms with E-state index in [0.29, 0.717) is 13.0 Å². The maximum Gasteiger partial charge on any atom is 0.514 e. The second kappa shape index (κ2) is 6.97. The number of carbonyl (C=O) groups excluding carboxylic acids is 2. The SMILES string of the molecule is CCCOC(=O)c1cc(OC(=O)OC(C)(C)C)ccc1N. The minimum Gasteiger partial charge on any atom is -0.462 e. The van der Waals surface area contributed by atoms with Gasteiger partial charge in [-0.3, -0.25) is 0 Å². The maximum atomic E-state index is 11.8. The van der Waals surface area contributed by atoms with Crippen LogP contribution >= 0.6 is 0 Å². The van der Waals surface area contributed by atoms with Crippen LogP contribution in [0.4, 0.5) is 10.5 Å². The fraction of sp³-hybridized carbons (Fsp3) is 0.467. The molecule has 0 spiro atoms. The molecule has 0 atom stereocenters. The Hall–Kier alpha value is -2.24. The van der Waals surface area contributed by atoms with E-state index in [1.807, 2.05) is 6.92 Å². The van der Waals surface area contributed by atoms with Crippen molar-refractivity contribution in [1.82, 2.24) is 0 Å². The summed E-state index contributed by atoms with van der Waals surface area (Å²) in [6, 6.07) is 4.31. The number of hydrogen-bond acceptors (Lipinski definition) is 6. The topological polar surface area (TPSA) is 87.8 Å². The summed E-state index contributed by atoms with van der Waals surface area (Å²) in [5.74, 6) is -0.383. The van der Waals surface area contributed by atoms with Gasteiger partial charge in [-0.25, -0.2) is 9.59 Å². The highest BCUT2D eigenvalue weighted by molar-refractivity contribution is 5.95. The number of nitrogens with two attached hydrogens (primary N) is 1. The zero-order valence-electron chi connectivity index (χ0n) is 12.8. The van der Waals surface area contributed by atoms with Gasteiger partial charge in [-0.2, -0.15) is 0 Å². The van der Waals surface area contributed by atoms with Crippen LogP contribution in [0.25, 0.3) is 0 Å². The molecule has 1 aromatic rings. The Morgan fingerprint density at radius 3 is 2.48 bits per heavy atom. The Kier molecular flexibility index (Phi) is 5.58. The molecule has 0 unspecified atom stereocenters. The number of carbonyl (C=O) groups is 2. The smallest absolute Gasteiger partial charge is 0.462 e. The molecule has 0 bridgehead atoms. The van der Waals surface area contributed by atoms with Crippen molar-refractivity contribution in [1.29, 1.82) is 0 Å². The number of rotatable bonds is 4. The Balaban J connectivity index is 2.82. The molecule has 0 aliphatic heterocycles. The third-order valence-electron chi connectivity index (χ3n) is 2.27. The van der Waals surface area contributed by atoms with Crippen molar-refractivity contribution in [2.75, 3.05) is 12.3 Å². The normalized spacial score (nSPS) is 10.9. The Labute approximate surface area is 124 Å². The summed E-state index contributed by atoms with van der Waals surface area (Å²) in [5.41, 5.74) is 5.48. The minimum atomic E-state index is -0.847. The van der Waals surface area contributed by atoms with Crippen LogP contribution in [0.3, 0.4) is 0 Å². The predicted molar refractivity (Wildman–Crippen MR) is 78.3 cm³/mol. The van der Waals surface area contributed by atoms with Crippen LogP contribution in [0.1, 0.15) is 44.5 Å². The van der Waals surface area contributed by atoms with Crippen LogP contribution in [0.15, 0.2) is 18.2 Å². The summed E-state index contributed by atoms with van der Waals surface area (Å²) in [7, 11) is 0. The molecule has 6 heteroatoms. The first-order chi connectivity index (χ1) is 9.73. The van der Waals surface area contributed by atoms with Crippen molar-refractivity contribution >= 4 is 17.8 Å². The lowest BCUT2D eigenvalue weighted by Crippen LogP contribution is -2.26. The molecular weight excluding hydrogens is 274 g/mol. The highest BCUT2D eigenvalue weighted by Gasteiger charge is 2.19. The van der Waals surface area contributed by atoms with E-state index < -0.39 is 17.7 Å². The molecule has 0 aliphatic carbocycles. The first kappa shape index (κ1) is 16.8. The molecule has 0 amide bonds. The average molecular weight is 295 g/mol. The van der Waals surface area contributed by atoms with Crippen molar-refractivity contribution in [3.63, 3.8) is 0 Å². The summed E-state index contributed by atoms with van der Waals surface area (Å²) in [5, 5.41) is 0. The van der Waals surface area contributed by atoms with Crippen molar-refractivity contribution in [3.8, 4) is 5.75 Å². The maximum absolute atomic E-state index is 11.8. The fourth-order valence-electron chi connectivity index (χ4n) is 1.42. The standard InChI is InChI=1S/C15H21NO5/c1-5-8-19-13(17)11-9-10(6-7-12(11)16)20-14(18)21-15(2,3)4/h6-7,9H,5,8,16H2,1-4H3. The van der Waals surface area contributed by atoms with E-state index in [-0.39, 0.29) is 17.0 Å². The van der Waals surface area contributed by atoms with E-state index in [4.69, 9.17) is 19.9 Å². The first-order valence-electron chi connectivity index (χ1n) is 6.70. The molecular formula is C15H21NO5. The highest BCUT2D eigenvalue weighted by atomic mass is 16.7. The van der Waals surface area contributed by atoms with Gasteiger partial charge in [0, 0.05) is 5.69 Å². The van der Waals surface area contributed by atoms with Gasteiger partial charge in [0.1, 0.15) is 11.4 Å². The fourth-order valence-corrected chi connectivity index (χ4v) is 1.42. The number of anilines is 1. The van der Waals surface area contributed by atoms with Crippen molar-refractivity contribution < 1.29 is 23.8 Å². The number of benzene rings is 1. The summed E-state index contributed by atoms with van der Waals surface area (Å²) >= 11 is 0. The Bertz CT molecular complexity index is 519. The Morgan fingerprint density at radius 2 is 1.90 bits per heavy atom. The lowest BCUT2D eigenvalue weighted by molar-refractivity contribution is 0.0204. The molecule has 2 N–H and O–H groups in total. The Morgan fingerprint density at radius 1 is 1.24 bits per heavy atom. The van der Waals surface area contributed by atoms with E-state index in [9.17, 15) is 9.59 Å². The zero-order chi connectivity index (χ0) is 16.0. The van der Waals surface area contributed by atoms with Gasteiger partial charge in [0.05, 0.1) is 12.2 Å². The van der Waals surface area contributed by atoms with Gasteiger partial charge in [-0.15, -0.1) is 0 Å². The van der Waals surface area contributed by atoms with Crippen LogP contribution in [-0.2, 0) is 9.47 Å². The molecule has 6 nitrogen and oxygen atoms in total.